The lowest BCUT2D eigenvalue weighted by atomic mass is 9.96. The second-order valence-corrected chi connectivity index (χ2v) is 7.98. The lowest BCUT2D eigenvalue weighted by Gasteiger charge is -2.18. The summed E-state index contributed by atoms with van der Waals surface area (Å²) >= 11 is 1.30. The molecule has 0 aliphatic heterocycles. The van der Waals surface area contributed by atoms with E-state index < -0.39 is 0 Å². The highest BCUT2D eigenvalue weighted by Crippen LogP contribution is 2.23. The van der Waals surface area contributed by atoms with Crippen molar-refractivity contribution in [3.63, 3.8) is 0 Å². The van der Waals surface area contributed by atoms with Gasteiger partial charge in [0.1, 0.15) is 0 Å². The molecule has 2 rings (SSSR count). The summed E-state index contributed by atoms with van der Waals surface area (Å²) in [5.74, 6) is 6.97. The highest BCUT2D eigenvalue weighted by atomic mass is 32.2. The van der Waals surface area contributed by atoms with Crippen molar-refractivity contribution in [2.45, 2.75) is 57.1 Å². The maximum atomic E-state index is 12.4. The first kappa shape index (κ1) is 19.3. The summed E-state index contributed by atoms with van der Waals surface area (Å²) in [5.41, 5.74) is 0.933. The number of hydrogen-bond donors (Lipinski definition) is 2. The molecule has 6 nitrogen and oxygen atoms in total. The Morgan fingerprint density at radius 3 is 2.52 bits per heavy atom. The number of carbonyl (C=O) groups excluding carboxylic acids is 1. The quantitative estimate of drug-likeness (QED) is 0.585. The molecule has 1 aromatic heterocycles. The van der Waals surface area contributed by atoms with E-state index in [-0.39, 0.29) is 23.1 Å². The topological polar surface area (TPSA) is 85.8 Å². The van der Waals surface area contributed by atoms with E-state index >= 15 is 0 Å². The van der Waals surface area contributed by atoms with E-state index in [1.807, 2.05) is 51.1 Å². The van der Waals surface area contributed by atoms with Gasteiger partial charge in [0.15, 0.2) is 5.82 Å². The van der Waals surface area contributed by atoms with E-state index in [9.17, 15) is 4.79 Å². The van der Waals surface area contributed by atoms with Crippen molar-refractivity contribution in [3.8, 4) is 0 Å². The molecule has 2 aromatic rings. The van der Waals surface area contributed by atoms with Crippen LogP contribution in [0.25, 0.3) is 0 Å². The number of nitrogens with two attached hydrogens (primary N) is 1. The van der Waals surface area contributed by atoms with E-state index in [0.29, 0.717) is 11.0 Å². The molecule has 1 aromatic carbocycles. The molecule has 0 saturated carbocycles. The third-order valence-corrected chi connectivity index (χ3v) is 4.73. The summed E-state index contributed by atoms with van der Waals surface area (Å²) in [4.78, 5) is 12.4. The number of rotatable bonds is 7. The van der Waals surface area contributed by atoms with E-state index in [2.05, 4.69) is 22.4 Å². The third-order valence-electron chi connectivity index (χ3n) is 3.78. The Morgan fingerprint density at radius 2 is 1.96 bits per heavy atom. The fourth-order valence-electron chi connectivity index (χ4n) is 2.55. The Morgan fingerprint density at radius 1 is 1.28 bits per heavy atom. The summed E-state index contributed by atoms with van der Waals surface area (Å²) in [6.45, 7) is 8.19. The Kier molecular flexibility index (Phi) is 6.47. The maximum Gasteiger partial charge on any atom is 0.230 e. The Balaban J connectivity index is 1.97. The van der Waals surface area contributed by atoms with Gasteiger partial charge in [0.2, 0.25) is 11.1 Å². The summed E-state index contributed by atoms with van der Waals surface area (Å²) in [5, 5.41) is 11.9. The molecule has 136 valence electrons. The van der Waals surface area contributed by atoms with Gasteiger partial charge >= 0.3 is 0 Å². The summed E-state index contributed by atoms with van der Waals surface area (Å²) < 4.78 is 1.47. The predicted molar refractivity (Wildman–Crippen MR) is 102 cm³/mol. The zero-order valence-corrected chi connectivity index (χ0v) is 16.1. The minimum absolute atomic E-state index is 0.0279. The van der Waals surface area contributed by atoms with E-state index in [1.54, 1.807) is 0 Å². The van der Waals surface area contributed by atoms with Crippen LogP contribution in [0.3, 0.4) is 0 Å². The monoisotopic (exact) mass is 361 g/mol. The lowest BCUT2D eigenvalue weighted by Crippen LogP contribution is -2.30. The van der Waals surface area contributed by atoms with Crippen molar-refractivity contribution < 1.29 is 4.79 Å². The molecule has 0 saturated heterocycles. The van der Waals surface area contributed by atoms with Crippen molar-refractivity contribution in [2.75, 3.05) is 11.6 Å². The van der Waals surface area contributed by atoms with Crippen molar-refractivity contribution in [2.24, 2.45) is 0 Å². The van der Waals surface area contributed by atoms with Gasteiger partial charge in [-0.1, -0.05) is 76.2 Å². The van der Waals surface area contributed by atoms with Gasteiger partial charge in [0.25, 0.3) is 0 Å². The molecule has 1 unspecified atom stereocenters. The maximum absolute atomic E-state index is 12.4. The van der Waals surface area contributed by atoms with Crippen LogP contribution in [0.15, 0.2) is 35.5 Å². The molecule has 25 heavy (non-hydrogen) atoms. The lowest BCUT2D eigenvalue weighted by molar-refractivity contribution is -0.119. The first-order valence-electron chi connectivity index (χ1n) is 8.51. The number of amides is 1. The van der Waals surface area contributed by atoms with Crippen molar-refractivity contribution >= 4 is 17.7 Å². The van der Waals surface area contributed by atoms with Crippen LogP contribution < -0.4 is 11.2 Å². The number of nitrogens with zero attached hydrogens (tertiary/aromatic N) is 3. The van der Waals surface area contributed by atoms with Gasteiger partial charge in [-0.2, -0.15) is 0 Å². The minimum atomic E-state index is -0.192. The van der Waals surface area contributed by atoms with Crippen LogP contribution in [-0.4, -0.2) is 26.5 Å². The van der Waals surface area contributed by atoms with Crippen LogP contribution in [0.5, 0.6) is 0 Å². The normalized spacial score (nSPS) is 12.8. The fraction of sp³-hybridized carbons (Fsp3) is 0.500. The van der Waals surface area contributed by atoms with E-state index in [4.69, 9.17) is 5.84 Å². The summed E-state index contributed by atoms with van der Waals surface area (Å²) in [6, 6.07) is 10.1. The Bertz CT molecular complexity index is 693. The minimum Gasteiger partial charge on any atom is -0.349 e. The molecule has 0 aliphatic rings. The molecule has 1 heterocycles. The number of thioether (sulfide) groups is 1. The number of carbonyl (C=O) groups is 1. The van der Waals surface area contributed by atoms with Gasteiger partial charge in [-0.05, 0) is 12.0 Å². The second-order valence-electron chi connectivity index (χ2n) is 7.03. The number of benzene rings is 1. The zero-order chi connectivity index (χ0) is 18.4. The number of hydrogen-bond acceptors (Lipinski definition) is 5. The van der Waals surface area contributed by atoms with Crippen LogP contribution in [0.1, 0.15) is 58.0 Å². The standard InChI is InChI=1S/C18H27N5OS/c1-5-9-14(13-10-7-6-8-11-13)20-15(24)12-25-17-22-21-16(23(17)19)18(2,3)4/h6-8,10-11,14H,5,9,12,19H2,1-4H3,(H,20,24). The highest BCUT2D eigenvalue weighted by Gasteiger charge is 2.23. The third kappa shape index (κ3) is 5.22. The average molecular weight is 362 g/mol. The number of nitrogen functional groups attached to an aromatic ring is 1. The van der Waals surface area contributed by atoms with Gasteiger partial charge in [-0.3, -0.25) is 4.79 Å². The molecule has 0 radical (unpaired) electrons. The van der Waals surface area contributed by atoms with Crippen LogP contribution >= 0.6 is 11.8 Å². The van der Waals surface area contributed by atoms with Crippen LogP contribution in [0.4, 0.5) is 0 Å². The molecular weight excluding hydrogens is 334 g/mol. The van der Waals surface area contributed by atoms with Gasteiger partial charge in [-0.15, -0.1) is 10.2 Å². The van der Waals surface area contributed by atoms with Crippen molar-refractivity contribution in [1.29, 1.82) is 0 Å². The summed E-state index contributed by atoms with van der Waals surface area (Å²) in [7, 11) is 0. The molecule has 0 fully saturated rings. The van der Waals surface area contributed by atoms with Crippen LogP contribution in [-0.2, 0) is 10.2 Å². The predicted octanol–water partition coefficient (Wildman–Crippen LogP) is 3.04. The summed E-state index contributed by atoms with van der Waals surface area (Å²) in [6.07, 6.45) is 1.90. The molecule has 0 bridgehead atoms. The molecule has 1 atom stereocenters. The molecule has 0 aliphatic carbocycles. The van der Waals surface area contributed by atoms with Gasteiger partial charge in [-0.25, -0.2) is 4.68 Å². The van der Waals surface area contributed by atoms with E-state index in [0.717, 1.165) is 18.4 Å². The molecular formula is C18H27N5OS. The van der Waals surface area contributed by atoms with Crippen molar-refractivity contribution in [1.82, 2.24) is 20.2 Å². The fourth-order valence-corrected chi connectivity index (χ4v) is 3.22. The van der Waals surface area contributed by atoms with Gasteiger partial charge in [0, 0.05) is 5.41 Å². The second kappa shape index (κ2) is 8.38. The molecule has 3 N–H and O–H groups in total. The zero-order valence-electron chi connectivity index (χ0n) is 15.3. The molecule has 0 spiro atoms. The van der Waals surface area contributed by atoms with Crippen LogP contribution in [0, 0.1) is 0 Å². The SMILES string of the molecule is CCCC(NC(=O)CSc1nnc(C(C)(C)C)n1N)c1ccccc1. The number of aromatic nitrogens is 3. The Labute approximate surface area is 153 Å². The molecule has 1 amide bonds. The highest BCUT2D eigenvalue weighted by molar-refractivity contribution is 7.99. The smallest absolute Gasteiger partial charge is 0.230 e. The molecule has 7 heteroatoms. The first-order chi connectivity index (χ1) is 11.8. The average Bonchev–Trinajstić information content (AvgIpc) is 2.94. The largest absolute Gasteiger partial charge is 0.349 e. The van der Waals surface area contributed by atoms with Crippen LogP contribution in [0.2, 0.25) is 0 Å². The van der Waals surface area contributed by atoms with Gasteiger partial charge < -0.3 is 11.2 Å². The van der Waals surface area contributed by atoms with E-state index in [1.165, 1.54) is 16.4 Å². The number of nitrogens with one attached hydrogen (secondary N) is 1. The Hall–Kier alpha value is -2.02. The first-order valence-corrected chi connectivity index (χ1v) is 9.49. The van der Waals surface area contributed by atoms with Crippen molar-refractivity contribution in [3.05, 3.63) is 41.7 Å². The van der Waals surface area contributed by atoms with Gasteiger partial charge in [0.05, 0.1) is 11.8 Å².